The third-order valence-corrected chi connectivity index (χ3v) is 5.52. The third-order valence-electron chi connectivity index (χ3n) is 5.52. The first kappa shape index (κ1) is 17.1. The van der Waals surface area contributed by atoms with Gasteiger partial charge in [-0.25, -0.2) is 0 Å². The SMILES string of the molecule is CC1(C)N=C(CC(=O)c2ccc(C#N)cc2)c2ccccc2C1(C)C. The lowest BCUT2D eigenvalue weighted by Gasteiger charge is -2.44. The zero-order valence-electron chi connectivity index (χ0n) is 15.1. The van der Waals surface area contributed by atoms with E-state index in [-0.39, 0.29) is 23.2 Å². The Hall–Kier alpha value is -2.73. The zero-order valence-corrected chi connectivity index (χ0v) is 15.1. The first-order chi connectivity index (χ1) is 11.8. The largest absolute Gasteiger partial charge is 0.294 e. The molecule has 0 N–H and O–H groups in total. The Morgan fingerprint density at radius 1 is 1.04 bits per heavy atom. The monoisotopic (exact) mass is 330 g/mol. The molecule has 0 atom stereocenters. The molecule has 25 heavy (non-hydrogen) atoms. The average Bonchev–Trinajstić information content (AvgIpc) is 2.60. The first-order valence-corrected chi connectivity index (χ1v) is 8.48. The third kappa shape index (κ3) is 2.89. The van der Waals surface area contributed by atoms with E-state index < -0.39 is 0 Å². The number of aliphatic imine (C=N–C) groups is 1. The van der Waals surface area contributed by atoms with Gasteiger partial charge in [-0.2, -0.15) is 5.26 Å². The Labute approximate surface area is 149 Å². The van der Waals surface area contributed by atoms with E-state index >= 15 is 0 Å². The van der Waals surface area contributed by atoms with Crippen molar-refractivity contribution < 1.29 is 4.79 Å². The molecular formula is C22H22N2O. The van der Waals surface area contributed by atoms with Crippen molar-refractivity contribution in [2.24, 2.45) is 4.99 Å². The van der Waals surface area contributed by atoms with Crippen LogP contribution in [0.3, 0.4) is 0 Å². The Balaban J connectivity index is 1.98. The van der Waals surface area contributed by atoms with E-state index in [1.807, 2.05) is 12.1 Å². The summed E-state index contributed by atoms with van der Waals surface area (Å²) in [6.07, 6.45) is 0.266. The number of rotatable bonds is 3. The topological polar surface area (TPSA) is 53.2 Å². The molecule has 2 aromatic carbocycles. The number of nitriles is 1. The van der Waals surface area contributed by atoms with Crippen LogP contribution in [-0.4, -0.2) is 17.0 Å². The molecule has 2 aromatic rings. The van der Waals surface area contributed by atoms with E-state index in [1.54, 1.807) is 24.3 Å². The predicted molar refractivity (Wildman–Crippen MR) is 100 cm³/mol. The molecule has 3 heteroatoms. The molecule has 0 saturated carbocycles. The minimum atomic E-state index is -0.290. The quantitative estimate of drug-likeness (QED) is 0.767. The lowest BCUT2D eigenvalue weighted by molar-refractivity contribution is 0.1000. The van der Waals surface area contributed by atoms with Crippen LogP contribution in [0.1, 0.15) is 61.2 Å². The summed E-state index contributed by atoms with van der Waals surface area (Å²) >= 11 is 0. The summed E-state index contributed by atoms with van der Waals surface area (Å²) in [5, 5.41) is 8.89. The van der Waals surface area contributed by atoms with Crippen molar-refractivity contribution in [1.82, 2.24) is 0 Å². The van der Waals surface area contributed by atoms with Gasteiger partial charge >= 0.3 is 0 Å². The molecule has 1 aliphatic rings. The van der Waals surface area contributed by atoms with Crippen molar-refractivity contribution in [3.05, 3.63) is 70.8 Å². The van der Waals surface area contributed by atoms with Gasteiger partial charge in [0.15, 0.2) is 5.78 Å². The number of benzene rings is 2. The van der Waals surface area contributed by atoms with Crippen molar-refractivity contribution in [2.75, 3.05) is 0 Å². The summed E-state index contributed by atoms with van der Waals surface area (Å²) < 4.78 is 0. The molecule has 3 rings (SSSR count). The van der Waals surface area contributed by atoms with E-state index in [9.17, 15) is 4.79 Å². The average molecular weight is 330 g/mol. The molecule has 0 spiro atoms. The maximum atomic E-state index is 12.7. The summed E-state index contributed by atoms with van der Waals surface area (Å²) in [5.41, 5.74) is 3.91. The highest BCUT2D eigenvalue weighted by atomic mass is 16.1. The van der Waals surface area contributed by atoms with Crippen LogP contribution in [0.5, 0.6) is 0 Å². The van der Waals surface area contributed by atoms with Gasteiger partial charge in [-0.05, 0) is 37.1 Å². The van der Waals surface area contributed by atoms with Crippen molar-refractivity contribution in [2.45, 2.75) is 45.1 Å². The van der Waals surface area contributed by atoms with Crippen molar-refractivity contribution >= 4 is 11.5 Å². The number of nitrogens with zero attached hydrogens (tertiary/aromatic N) is 2. The van der Waals surface area contributed by atoms with Crippen LogP contribution in [0.25, 0.3) is 0 Å². The van der Waals surface area contributed by atoms with Crippen LogP contribution in [0.2, 0.25) is 0 Å². The van der Waals surface area contributed by atoms with Gasteiger partial charge in [-0.1, -0.05) is 50.2 Å². The van der Waals surface area contributed by atoms with Gasteiger partial charge in [0.1, 0.15) is 0 Å². The molecule has 0 fully saturated rings. The maximum Gasteiger partial charge on any atom is 0.168 e. The van der Waals surface area contributed by atoms with E-state index in [4.69, 9.17) is 10.3 Å². The fourth-order valence-corrected chi connectivity index (χ4v) is 3.27. The first-order valence-electron chi connectivity index (χ1n) is 8.48. The minimum Gasteiger partial charge on any atom is -0.294 e. The molecule has 0 unspecified atom stereocenters. The van der Waals surface area contributed by atoms with E-state index in [1.165, 1.54) is 5.56 Å². The second-order valence-corrected chi connectivity index (χ2v) is 7.58. The molecule has 126 valence electrons. The summed E-state index contributed by atoms with van der Waals surface area (Å²) in [7, 11) is 0. The molecule has 0 aromatic heterocycles. The standard InChI is InChI=1S/C22H22N2O/c1-21(2)18-8-6-5-7-17(18)19(24-22(21,3)4)13-20(25)16-11-9-15(14-23)10-12-16/h5-12H,13H2,1-4H3. The predicted octanol–water partition coefficient (Wildman–Crippen LogP) is 4.69. The lowest BCUT2D eigenvalue weighted by atomic mass is 9.66. The van der Waals surface area contributed by atoms with Gasteiger partial charge < -0.3 is 0 Å². The molecule has 0 radical (unpaired) electrons. The van der Waals surface area contributed by atoms with Gasteiger partial charge in [0.25, 0.3) is 0 Å². The van der Waals surface area contributed by atoms with Crippen LogP contribution in [0.4, 0.5) is 0 Å². The Morgan fingerprint density at radius 2 is 1.68 bits per heavy atom. The van der Waals surface area contributed by atoms with Gasteiger partial charge in [0.2, 0.25) is 0 Å². The van der Waals surface area contributed by atoms with Crippen molar-refractivity contribution in [1.29, 1.82) is 5.26 Å². The molecule has 0 amide bonds. The van der Waals surface area contributed by atoms with Crippen molar-refractivity contribution in [3.8, 4) is 6.07 Å². The van der Waals surface area contributed by atoms with Gasteiger partial charge in [-0.15, -0.1) is 0 Å². The molecular weight excluding hydrogens is 308 g/mol. The number of Topliss-reactive ketones (excluding diaryl/α,β-unsaturated/α-hetero) is 1. The second-order valence-electron chi connectivity index (χ2n) is 7.58. The van der Waals surface area contributed by atoms with Crippen LogP contribution in [0.15, 0.2) is 53.5 Å². The van der Waals surface area contributed by atoms with Gasteiger partial charge in [0.05, 0.1) is 29.3 Å². The summed E-state index contributed by atoms with van der Waals surface area (Å²) in [4.78, 5) is 17.7. The zero-order chi connectivity index (χ0) is 18.2. The molecule has 3 nitrogen and oxygen atoms in total. The Morgan fingerprint density at radius 3 is 2.32 bits per heavy atom. The number of fused-ring (bicyclic) bond motifs is 1. The number of carbonyl (C=O) groups excluding carboxylic acids is 1. The normalized spacial score (nSPS) is 17.2. The number of carbonyl (C=O) groups is 1. The summed E-state index contributed by atoms with van der Waals surface area (Å²) in [6.45, 7) is 8.65. The van der Waals surface area contributed by atoms with Crippen LogP contribution >= 0.6 is 0 Å². The minimum absolute atomic E-state index is 0.0218. The van der Waals surface area contributed by atoms with Crippen LogP contribution in [-0.2, 0) is 5.41 Å². The fraction of sp³-hybridized carbons (Fsp3) is 0.318. The number of hydrogen-bond acceptors (Lipinski definition) is 3. The highest BCUT2D eigenvalue weighted by molar-refractivity contribution is 6.17. The highest BCUT2D eigenvalue weighted by Crippen LogP contribution is 2.43. The number of ketones is 1. The fourth-order valence-electron chi connectivity index (χ4n) is 3.27. The van der Waals surface area contributed by atoms with Crippen LogP contribution < -0.4 is 0 Å². The number of hydrogen-bond donors (Lipinski definition) is 0. The van der Waals surface area contributed by atoms with E-state index in [0.717, 1.165) is 11.3 Å². The molecule has 1 aliphatic heterocycles. The van der Waals surface area contributed by atoms with E-state index in [2.05, 4.69) is 45.9 Å². The lowest BCUT2D eigenvalue weighted by Crippen LogP contribution is -2.46. The molecule has 0 aliphatic carbocycles. The van der Waals surface area contributed by atoms with Gasteiger partial charge in [-0.3, -0.25) is 9.79 Å². The Kier molecular flexibility index (Phi) is 4.08. The van der Waals surface area contributed by atoms with Crippen LogP contribution in [0, 0.1) is 11.3 Å². The molecule has 1 heterocycles. The smallest absolute Gasteiger partial charge is 0.168 e. The molecule has 0 bridgehead atoms. The maximum absolute atomic E-state index is 12.7. The summed E-state index contributed by atoms with van der Waals surface area (Å²) in [5.74, 6) is 0.0218. The second kappa shape index (κ2) is 5.97. The van der Waals surface area contributed by atoms with Crippen molar-refractivity contribution in [3.63, 3.8) is 0 Å². The highest BCUT2D eigenvalue weighted by Gasteiger charge is 2.43. The Bertz CT molecular complexity index is 896. The van der Waals surface area contributed by atoms with Gasteiger partial charge in [0, 0.05) is 11.0 Å². The molecule has 0 saturated heterocycles. The van der Waals surface area contributed by atoms with E-state index in [0.29, 0.717) is 11.1 Å². The summed E-state index contributed by atoms with van der Waals surface area (Å²) in [6, 6.07) is 17.1.